The van der Waals surface area contributed by atoms with E-state index in [1.807, 2.05) is 73.7 Å². The Morgan fingerprint density at radius 1 is 1.00 bits per heavy atom. The van der Waals surface area contributed by atoms with Crippen LogP contribution in [0, 0.1) is 18.8 Å². The number of aryl methyl sites for hydroxylation is 1. The molecular weight excluding hydrogens is 534 g/mol. The van der Waals surface area contributed by atoms with Crippen molar-refractivity contribution in [2.24, 2.45) is 11.8 Å². The van der Waals surface area contributed by atoms with Crippen molar-refractivity contribution in [3.05, 3.63) is 83.4 Å². The molecule has 39 heavy (non-hydrogen) atoms. The van der Waals surface area contributed by atoms with Gasteiger partial charge in [0.15, 0.2) is 0 Å². The minimum Gasteiger partial charge on any atom is -0.394 e. The number of aliphatic hydroxyl groups excluding tert-OH is 1. The Kier molecular flexibility index (Phi) is 6.60. The van der Waals surface area contributed by atoms with Crippen LogP contribution in [0.15, 0.2) is 72.8 Å². The summed E-state index contributed by atoms with van der Waals surface area (Å²) >= 11 is 8.12. The van der Waals surface area contributed by atoms with Gasteiger partial charge in [-0.1, -0.05) is 66.2 Å². The highest BCUT2D eigenvalue weighted by molar-refractivity contribution is 8.02. The zero-order valence-electron chi connectivity index (χ0n) is 21.7. The molecule has 1 spiro atoms. The summed E-state index contributed by atoms with van der Waals surface area (Å²) in [6.07, 6.45) is 7.90. The van der Waals surface area contributed by atoms with Crippen molar-refractivity contribution in [2.75, 3.05) is 29.5 Å². The summed E-state index contributed by atoms with van der Waals surface area (Å²) in [5.41, 5.74) is 2.24. The number of aliphatic hydroxyl groups is 1. The molecule has 0 radical (unpaired) electrons. The van der Waals surface area contributed by atoms with Crippen molar-refractivity contribution in [2.45, 2.75) is 35.9 Å². The van der Waals surface area contributed by atoms with Crippen LogP contribution in [-0.2, 0) is 14.4 Å². The number of thioether (sulfide) groups is 1. The number of para-hydroxylation sites is 2. The zero-order chi connectivity index (χ0) is 27.5. The Morgan fingerprint density at radius 2 is 1.74 bits per heavy atom. The number of fused-ring (bicyclic) bond motifs is 2. The van der Waals surface area contributed by atoms with Crippen LogP contribution >= 0.6 is 23.4 Å². The first-order valence-electron chi connectivity index (χ1n) is 13.2. The average molecular weight is 564 g/mol. The fraction of sp³-hybridized carbons (Fsp3) is 0.367. The van der Waals surface area contributed by atoms with Crippen molar-refractivity contribution < 1.29 is 19.5 Å². The first-order chi connectivity index (χ1) is 18.8. The highest BCUT2D eigenvalue weighted by atomic mass is 35.5. The second kappa shape index (κ2) is 9.84. The molecule has 6 atom stereocenters. The number of benzene rings is 2. The number of nitrogens with zero attached hydrogens (tertiary/aromatic N) is 3. The van der Waals surface area contributed by atoms with Gasteiger partial charge < -0.3 is 19.8 Å². The third-order valence-corrected chi connectivity index (χ3v) is 10.4. The van der Waals surface area contributed by atoms with Crippen LogP contribution in [0.2, 0.25) is 5.02 Å². The smallest absolute Gasteiger partial charge is 0.251 e. The van der Waals surface area contributed by atoms with Gasteiger partial charge in [0.25, 0.3) is 5.91 Å². The number of carbonyl (C=O) groups excluding carboxylic acids is 3. The molecule has 0 bridgehead atoms. The van der Waals surface area contributed by atoms with E-state index in [9.17, 15) is 19.5 Å². The second-order valence-electron chi connectivity index (χ2n) is 10.6. The minimum absolute atomic E-state index is 0.125. The lowest BCUT2D eigenvalue weighted by atomic mass is 9.78. The van der Waals surface area contributed by atoms with E-state index < -0.39 is 28.7 Å². The minimum atomic E-state index is -0.962. The van der Waals surface area contributed by atoms with Crippen LogP contribution in [0.3, 0.4) is 0 Å². The molecule has 3 amide bonds. The second-order valence-corrected chi connectivity index (χ2v) is 12.5. The van der Waals surface area contributed by atoms with Crippen molar-refractivity contribution in [1.82, 2.24) is 4.90 Å². The standard InChI is InChI=1S/C30H30ClN3O4S/c1-18-9-6-12-21(31)25(18)33-16-8-14-30-24(28(37)34(19(2)17-35)26(30)29(33)38)23-22(39-30)13-7-15-32(27(23)36)20-10-4-3-5-11-20/h3-14,19,22-24,26,35H,15-17H2,1-2H3/t19-,22-,23+,24+,26?,30+/m1/s1. The number of carbonyl (C=O) groups is 3. The molecule has 2 saturated heterocycles. The molecule has 4 heterocycles. The molecule has 1 unspecified atom stereocenters. The first kappa shape index (κ1) is 26.2. The number of halogens is 1. The monoisotopic (exact) mass is 563 g/mol. The maximum atomic E-state index is 14.5. The number of likely N-dealkylation sites (tertiary alicyclic amines) is 1. The van der Waals surface area contributed by atoms with Crippen LogP contribution in [0.5, 0.6) is 0 Å². The summed E-state index contributed by atoms with van der Waals surface area (Å²) < 4.78 is -0.962. The summed E-state index contributed by atoms with van der Waals surface area (Å²) in [5, 5.41) is 10.4. The van der Waals surface area contributed by atoms with Crippen molar-refractivity contribution in [1.29, 1.82) is 0 Å². The van der Waals surface area contributed by atoms with E-state index in [-0.39, 0.29) is 29.6 Å². The third kappa shape index (κ3) is 3.87. The number of amides is 3. The fourth-order valence-corrected chi connectivity index (χ4v) is 8.96. The Morgan fingerprint density at radius 3 is 2.46 bits per heavy atom. The van der Waals surface area contributed by atoms with Gasteiger partial charge in [0.2, 0.25) is 11.8 Å². The van der Waals surface area contributed by atoms with E-state index in [2.05, 4.69) is 0 Å². The van der Waals surface area contributed by atoms with E-state index in [1.54, 1.807) is 22.8 Å². The highest BCUT2D eigenvalue weighted by Crippen LogP contribution is 2.61. The van der Waals surface area contributed by atoms with Crippen molar-refractivity contribution >= 4 is 52.5 Å². The number of anilines is 2. The first-order valence-corrected chi connectivity index (χ1v) is 14.4. The van der Waals surface area contributed by atoms with Gasteiger partial charge in [-0.15, -0.1) is 11.8 Å². The number of hydrogen-bond acceptors (Lipinski definition) is 5. The van der Waals surface area contributed by atoms with Crippen LogP contribution in [0.1, 0.15) is 12.5 Å². The molecule has 2 aromatic rings. The molecule has 0 aliphatic carbocycles. The van der Waals surface area contributed by atoms with E-state index in [0.29, 0.717) is 23.8 Å². The fourth-order valence-electron chi connectivity index (χ4n) is 6.64. The molecule has 7 nitrogen and oxygen atoms in total. The number of hydrogen-bond donors (Lipinski definition) is 1. The third-order valence-electron chi connectivity index (χ3n) is 8.36. The molecule has 2 aromatic carbocycles. The molecule has 0 aromatic heterocycles. The van der Waals surface area contributed by atoms with Gasteiger partial charge in [-0.05, 0) is 37.6 Å². The van der Waals surface area contributed by atoms with E-state index in [4.69, 9.17) is 11.6 Å². The van der Waals surface area contributed by atoms with Gasteiger partial charge >= 0.3 is 0 Å². The summed E-state index contributed by atoms with van der Waals surface area (Å²) in [7, 11) is 0. The predicted octanol–water partition coefficient (Wildman–Crippen LogP) is 3.83. The summed E-state index contributed by atoms with van der Waals surface area (Å²) in [4.78, 5) is 47.9. The highest BCUT2D eigenvalue weighted by Gasteiger charge is 2.71. The molecule has 9 heteroatoms. The SMILES string of the molecule is Cc1cccc(Cl)c1N1CC=C[C@]23S[C@@H]4C=CCN(c5ccccc5)C(=O)[C@@H]4[C@H]2C(=O)N([C@H](C)CO)C3C1=O. The molecule has 6 rings (SSSR count). The van der Waals surface area contributed by atoms with Gasteiger partial charge in [0, 0.05) is 24.0 Å². The largest absolute Gasteiger partial charge is 0.394 e. The number of rotatable bonds is 4. The Labute approximate surface area is 237 Å². The molecule has 0 saturated carbocycles. The molecule has 4 aliphatic rings. The average Bonchev–Trinajstić information content (AvgIpc) is 3.25. The maximum Gasteiger partial charge on any atom is 0.251 e. The van der Waals surface area contributed by atoms with E-state index in [1.165, 1.54) is 16.7 Å². The van der Waals surface area contributed by atoms with Gasteiger partial charge in [0.1, 0.15) is 6.04 Å². The molecule has 4 aliphatic heterocycles. The van der Waals surface area contributed by atoms with Crippen LogP contribution in [-0.4, -0.2) is 69.5 Å². The lowest BCUT2D eigenvalue weighted by molar-refractivity contribution is -0.141. The van der Waals surface area contributed by atoms with Crippen molar-refractivity contribution in [3.8, 4) is 0 Å². The van der Waals surface area contributed by atoms with Gasteiger partial charge in [0.05, 0.1) is 39.9 Å². The molecular formula is C30H30ClN3O4S. The summed E-state index contributed by atoms with van der Waals surface area (Å²) in [5.74, 6) is -2.05. The molecule has 1 N–H and O–H groups in total. The van der Waals surface area contributed by atoms with Crippen molar-refractivity contribution in [3.63, 3.8) is 0 Å². The normalized spacial score (nSPS) is 30.7. The van der Waals surface area contributed by atoms with Crippen LogP contribution < -0.4 is 9.80 Å². The lowest BCUT2D eigenvalue weighted by Gasteiger charge is -2.37. The topological polar surface area (TPSA) is 81.2 Å². The summed E-state index contributed by atoms with van der Waals surface area (Å²) in [6.45, 7) is 4.06. The lowest BCUT2D eigenvalue weighted by Crippen LogP contribution is -2.56. The Balaban J connectivity index is 1.48. The Hall–Kier alpha value is -3.07. The zero-order valence-corrected chi connectivity index (χ0v) is 23.3. The predicted molar refractivity (Wildman–Crippen MR) is 154 cm³/mol. The molecule has 202 valence electrons. The quantitative estimate of drug-likeness (QED) is 0.572. The van der Waals surface area contributed by atoms with E-state index in [0.717, 1.165) is 11.3 Å². The van der Waals surface area contributed by atoms with Crippen LogP contribution in [0.25, 0.3) is 0 Å². The van der Waals surface area contributed by atoms with E-state index >= 15 is 0 Å². The maximum absolute atomic E-state index is 14.5. The van der Waals surface area contributed by atoms with Gasteiger partial charge in [-0.3, -0.25) is 14.4 Å². The Bertz CT molecular complexity index is 1380. The molecule has 2 fully saturated rings. The van der Waals surface area contributed by atoms with Gasteiger partial charge in [-0.2, -0.15) is 0 Å². The van der Waals surface area contributed by atoms with Crippen LogP contribution in [0.4, 0.5) is 11.4 Å². The van der Waals surface area contributed by atoms with Gasteiger partial charge in [-0.25, -0.2) is 0 Å². The summed E-state index contributed by atoms with van der Waals surface area (Å²) in [6, 6.07) is 13.5.